The summed E-state index contributed by atoms with van der Waals surface area (Å²) in [4.78, 5) is 12.2. The standard InChI is InChI=1S/C13H14O2S/c1-7-4-5-11-10(6-7)12(9(3)16-11)8(2)13(14)15/h4-6,8H,1-3H3,(H,14,15). The SMILES string of the molecule is Cc1ccc2sc(C)c(C(C)C(=O)O)c2c1. The Bertz CT molecular complexity index is 554. The van der Waals surface area contributed by atoms with Gasteiger partial charge in [0.05, 0.1) is 5.92 Å². The molecule has 2 rings (SSSR count). The molecule has 0 radical (unpaired) electrons. The van der Waals surface area contributed by atoms with Gasteiger partial charge in [-0.25, -0.2) is 0 Å². The van der Waals surface area contributed by atoms with Gasteiger partial charge in [0.2, 0.25) is 0 Å². The van der Waals surface area contributed by atoms with E-state index in [0.29, 0.717) is 0 Å². The van der Waals surface area contributed by atoms with Crippen LogP contribution in [-0.2, 0) is 4.79 Å². The zero-order valence-corrected chi connectivity index (χ0v) is 10.4. The van der Waals surface area contributed by atoms with Crippen LogP contribution in [0.4, 0.5) is 0 Å². The summed E-state index contributed by atoms with van der Waals surface area (Å²) in [5.74, 6) is -1.19. The van der Waals surface area contributed by atoms with Crippen LogP contribution in [-0.4, -0.2) is 11.1 Å². The van der Waals surface area contributed by atoms with Crippen molar-refractivity contribution < 1.29 is 9.90 Å². The third-order valence-electron chi connectivity index (χ3n) is 2.87. The first-order valence-electron chi connectivity index (χ1n) is 5.23. The van der Waals surface area contributed by atoms with Crippen LogP contribution in [0.1, 0.15) is 28.8 Å². The highest BCUT2D eigenvalue weighted by molar-refractivity contribution is 7.19. The van der Waals surface area contributed by atoms with Crippen molar-refractivity contribution in [1.29, 1.82) is 0 Å². The lowest BCUT2D eigenvalue weighted by atomic mass is 9.97. The lowest BCUT2D eigenvalue weighted by Crippen LogP contribution is -2.07. The van der Waals surface area contributed by atoms with Crippen LogP contribution in [0.2, 0.25) is 0 Å². The third kappa shape index (κ3) is 1.71. The first-order chi connectivity index (χ1) is 7.50. The minimum absolute atomic E-state index is 0.435. The first kappa shape index (κ1) is 11.1. The van der Waals surface area contributed by atoms with Gasteiger partial charge in [-0.1, -0.05) is 17.7 Å². The highest BCUT2D eigenvalue weighted by atomic mass is 32.1. The van der Waals surface area contributed by atoms with Gasteiger partial charge in [0.25, 0.3) is 0 Å². The second-order valence-corrected chi connectivity index (χ2v) is 5.39. The number of hydrogen-bond donors (Lipinski definition) is 1. The molecule has 1 atom stereocenters. The quantitative estimate of drug-likeness (QED) is 0.860. The molecule has 1 aromatic heterocycles. The topological polar surface area (TPSA) is 37.3 Å². The number of thiophene rings is 1. The van der Waals surface area contributed by atoms with Gasteiger partial charge in [0.1, 0.15) is 0 Å². The van der Waals surface area contributed by atoms with E-state index >= 15 is 0 Å². The third-order valence-corrected chi connectivity index (χ3v) is 3.97. The van der Waals surface area contributed by atoms with Crippen molar-refractivity contribution in [1.82, 2.24) is 0 Å². The molecule has 1 N–H and O–H groups in total. The monoisotopic (exact) mass is 234 g/mol. The van der Waals surface area contributed by atoms with Gasteiger partial charge in [0, 0.05) is 9.58 Å². The lowest BCUT2D eigenvalue weighted by Gasteiger charge is -2.07. The molecule has 3 heteroatoms. The number of fused-ring (bicyclic) bond motifs is 1. The average molecular weight is 234 g/mol. The fourth-order valence-electron chi connectivity index (χ4n) is 2.01. The molecule has 2 nitrogen and oxygen atoms in total. The van der Waals surface area contributed by atoms with Gasteiger partial charge in [-0.2, -0.15) is 0 Å². The van der Waals surface area contributed by atoms with Crippen LogP contribution in [0.5, 0.6) is 0 Å². The largest absolute Gasteiger partial charge is 0.481 e. The zero-order chi connectivity index (χ0) is 11.9. The van der Waals surface area contributed by atoms with Crippen LogP contribution >= 0.6 is 11.3 Å². The number of aryl methyl sites for hydroxylation is 2. The van der Waals surface area contributed by atoms with Crippen molar-refractivity contribution >= 4 is 27.4 Å². The summed E-state index contributed by atoms with van der Waals surface area (Å²) in [5, 5.41) is 10.2. The molecule has 0 aliphatic rings. The highest BCUT2D eigenvalue weighted by Gasteiger charge is 2.20. The van der Waals surface area contributed by atoms with Crippen molar-refractivity contribution in [3.8, 4) is 0 Å². The van der Waals surface area contributed by atoms with E-state index in [2.05, 4.69) is 18.2 Å². The Morgan fingerprint density at radius 2 is 2.06 bits per heavy atom. The zero-order valence-electron chi connectivity index (χ0n) is 9.57. The van der Waals surface area contributed by atoms with Crippen molar-refractivity contribution in [2.24, 2.45) is 0 Å². The summed E-state index contributed by atoms with van der Waals surface area (Å²) < 4.78 is 1.17. The molecule has 0 spiro atoms. The molecule has 1 unspecified atom stereocenters. The molecular formula is C13H14O2S. The van der Waals surface area contributed by atoms with Gasteiger partial charge < -0.3 is 5.11 Å². The van der Waals surface area contributed by atoms with E-state index in [-0.39, 0.29) is 0 Å². The molecule has 0 saturated heterocycles. The Labute approximate surface area is 98.5 Å². The van der Waals surface area contributed by atoms with Crippen molar-refractivity contribution in [3.05, 3.63) is 34.2 Å². The molecule has 0 amide bonds. The summed E-state index contributed by atoms with van der Waals surface area (Å²) in [6.45, 7) is 5.77. The minimum atomic E-state index is -0.760. The molecule has 2 aromatic rings. The minimum Gasteiger partial charge on any atom is -0.481 e. The fourth-order valence-corrected chi connectivity index (χ4v) is 3.16. The molecule has 0 bridgehead atoms. The summed E-state index contributed by atoms with van der Waals surface area (Å²) in [5.41, 5.74) is 2.14. The van der Waals surface area contributed by atoms with E-state index in [1.807, 2.05) is 13.8 Å². The first-order valence-corrected chi connectivity index (χ1v) is 6.05. The second kappa shape index (κ2) is 3.91. The van der Waals surface area contributed by atoms with Gasteiger partial charge in [0.15, 0.2) is 0 Å². The van der Waals surface area contributed by atoms with Gasteiger partial charge in [-0.05, 0) is 37.8 Å². The number of carboxylic acids is 1. The smallest absolute Gasteiger partial charge is 0.310 e. The molecule has 84 valence electrons. The van der Waals surface area contributed by atoms with E-state index < -0.39 is 11.9 Å². The Kier molecular flexibility index (Phi) is 2.72. The maximum atomic E-state index is 11.1. The molecule has 0 aliphatic carbocycles. The summed E-state index contributed by atoms with van der Waals surface area (Å²) in [7, 11) is 0. The second-order valence-electron chi connectivity index (χ2n) is 4.13. The highest BCUT2D eigenvalue weighted by Crippen LogP contribution is 2.36. The van der Waals surface area contributed by atoms with Crippen molar-refractivity contribution in [3.63, 3.8) is 0 Å². The van der Waals surface area contributed by atoms with Crippen LogP contribution in [0.3, 0.4) is 0 Å². The molecule has 16 heavy (non-hydrogen) atoms. The maximum absolute atomic E-state index is 11.1. The number of benzene rings is 1. The van der Waals surface area contributed by atoms with Gasteiger partial charge in [-0.3, -0.25) is 4.79 Å². The van der Waals surface area contributed by atoms with E-state index in [1.165, 1.54) is 10.3 Å². The molecule has 0 saturated carbocycles. The Morgan fingerprint density at radius 3 is 2.69 bits per heavy atom. The predicted molar refractivity (Wildman–Crippen MR) is 67.3 cm³/mol. The molecule has 0 fully saturated rings. The molecular weight excluding hydrogens is 220 g/mol. The molecule has 1 heterocycles. The van der Waals surface area contributed by atoms with Gasteiger partial charge in [-0.15, -0.1) is 11.3 Å². The number of carbonyl (C=O) groups is 1. The maximum Gasteiger partial charge on any atom is 0.310 e. The van der Waals surface area contributed by atoms with E-state index in [1.54, 1.807) is 18.3 Å². The Morgan fingerprint density at radius 1 is 1.38 bits per heavy atom. The van der Waals surface area contributed by atoms with E-state index in [4.69, 9.17) is 5.11 Å². The molecule has 1 aromatic carbocycles. The van der Waals surface area contributed by atoms with Crippen molar-refractivity contribution in [2.75, 3.05) is 0 Å². The normalized spacial score (nSPS) is 12.9. The average Bonchev–Trinajstić information content (AvgIpc) is 2.52. The van der Waals surface area contributed by atoms with E-state index in [9.17, 15) is 4.79 Å². The van der Waals surface area contributed by atoms with Crippen LogP contribution < -0.4 is 0 Å². The lowest BCUT2D eigenvalue weighted by molar-refractivity contribution is -0.138. The van der Waals surface area contributed by atoms with Crippen LogP contribution in [0.25, 0.3) is 10.1 Å². The number of rotatable bonds is 2. The van der Waals surface area contributed by atoms with Crippen LogP contribution in [0, 0.1) is 13.8 Å². The summed E-state index contributed by atoms with van der Waals surface area (Å²) in [6, 6.07) is 6.21. The predicted octanol–water partition coefficient (Wildman–Crippen LogP) is 3.71. The fraction of sp³-hybridized carbons (Fsp3) is 0.308. The Balaban J connectivity index is 2.72. The number of hydrogen-bond acceptors (Lipinski definition) is 2. The number of carboxylic acid groups (broad SMARTS) is 1. The summed E-state index contributed by atoms with van der Waals surface area (Å²) >= 11 is 1.67. The van der Waals surface area contributed by atoms with Gasteiger partial charge >= 0.3 is 5.97 Å². The number of aliphatic carboxylic acids is 1. The molecule has 0 aliphatic heterocycles. The summed E-state index contributed by atoms with van der Waals surface area (Å²) in [6.07, 6.45) is 0. The Hall–Kier alpha value is -1.35. The van der Waals surface area contributed by atoms with E-state index in [0.717, 1.165) is 15.8 Å². The van der Waals surface area contributed by atoms with Crippen molar-refractivity contribution in [2.45, 2.75) is 26.7 Å². The van der Waals surface area contributed by atoms with Crippen LogP contribution in [0.15, 0.2) is 18.2 Å².